The Labute approximate surface area is 179 Å². The average Bonchev–Trinajstić information content (AvgIpc) is 3.23. The highest BCUT2D eigenvalue weighted by atomic mass is 32.1. The van der Waals surface area contributed by atoms with Gasteiger partial charge in [0.2, 0.25) is 0 Å². The molecule has 2 aromatic heterocycles. The number of hydrogen-bond acceptors (Lipinski definition) is 7. The third-order valence-electron chi connectivity index (χ3n) is 5.39. The number of halogens is 1. The summed E-state index contributed by atoms with van der Waals surface area (Å²) >= 11 is 1.50. The first-order chi connectivity index (χ1) is 14.6. The number of β-amino-alcohol motifs (C(OH)–C–C–N with tert-alkyl or cyclic N) is 1. The van der Waals surface area contributed by atoms with Gasteiger partial charge in [-0.05, 0) is 67.2 Å². The number of piperidine rings is 1. The maximum Gasteiger partial charge on any atom is 0.188 e. The largest absolute Gasteiger partial charge is 0.394 e. The molecule has 30 heavy (non-hydrogen) atoms. The summed E-state index contributed by atoms with van der Waals surface area (Å²) in [6.07, 6.45) is 4.94. The number of anilines is 2. The Bertz CT molecular complexity index is 958. The topological polar surface area (TPSA) is 81.5 Å². The summed E-state index contributed by atoms with van der Waals surface area (Å²) in [5.74, 6) is 0.950. The van der Waals surface area contributed by atoms with Crippen molar-refractivity contribution in [2.75, 3.05) is 31.6 Å². The van der Waals surface area contributed by atoms with Gasteiger partial charge in [-0.3, -0.25) is 0 Å². The Kier molecular flexibility index (Phi) is 6.69. The summed E-state index contributed by atoms with van der Waals surface area (Å²) in [6.45, 7) is 2.13. The van der Waals surface area contributed by atoms with Crippen molar-refractivity contribution in [1.29, 1.82) is 0 Å². The molecule has 3 heterocycles. The fraction of sp³-hybridized carbons (Fsp3) is 0.364. The van der Waals surface area contributed by atoms with Gasteiger partial charge >= 0.3 is 0 Å². The molecule has 0 bridgehead atoms. The minimum Gasteiger partial charge on any atom is -0.394 e. The van der Waals surface area contributed by atoms with Crippen molar-refractivity contribution in [2.45, 2.75) is 24.9 Å². The molecule has 158 valence electrons. The Hall–Kier alpha value is -2.39. The Morgan fingerprint density at radius 3 is 2.67 bits per heavy atom. The second-order valence-electron chi connectivity index (χ2n) is 7.55. The number of benzene rings is 1. The van der Waals surface area contributed by atoms with Crippen LogP contribution in [0.2, 0.25) is 0 Å². The van der Waals surface area contributed by atoms with E-state index >= 15 is 0 Å². The molecule has 1 atom stereocenters. The molecule has 4 rings (SSSR count). The van der Waals surface area contributed by atoms with E-state index in [1.807, 2.05) is 6.20 Å². The summed E-state index contributed by atoms with van der Waals surface area (Å²) < 4.78 is 13.1. The molecule has 0 amide bonds. The van der Waals surface area contributed by atoms with Gasteiger partial charge in [0.15, 0.2) is 5.13 Å². The lowest BCUT2D eigenvalue weighted by Gasteiger charge is -2.33. The lowest BCUT2D eigenvalue weighted by molar-refractivity contribution is 0.0513. The fourth-order valence-corrected chi connectivity index (χ4v) is 4.59. The predicted molar refractivity (Wildman–Crippen MR) is 117 cm³/mol. The molecule has 1 aromatic carbocycles. The summed E-state index contributed by atoms with van der Waals surface area (Å²) in [4.78, 5) is 12.0. The summed E-state index contributed by atoms with van der Waals surface area (Å²) in [7, 11) is 0. The summed E-state index contributed by atoms with van der Waals surface area (Å²) in [5, 5.41) is 22.7. The first-order valence-electron chi connectivity index (χ1n) is 10.1. The highest BCUT2D eigenvalue weighted by molar-refractivity contribution is 7.18. The molecule has 0 spiro atoms. The van der Waals surface area contributed by atoms with Gasteiger partial charge in [-0.15, -0.1) is 0 Å². The van der Waals surface area contributed by atoms with Gasteiger partial charge in [-0.2, -0.15) is 0 Å². The van der Waals surface area contributed by atoms with Gasteiger partial charge in [-0.25, -0.2) is 14.4 Å². The average molecular weight is 429 g/mol. The van der Waals surface area contributed by atoms with Gasteiger partial charge in [0, 0.05) is 18.9 Å². The number of pyridine rings is 1. The third kappa shape index (κ3) is 5.20. The van der Waals surface area contributed by atoms with E-state index in [4.69, 9.17) is 5.11 Å². The molecule has 1 aliphatic heterocycles. The third-order valence-corrected chi connectivity index (χ3v) is 6.35. The smallest absolute Gasteiger partial charge is 0.188 e. The monoisotopic (exact) mass is 428 g/mol. The van der Waals surface area contributed by atoms with Gasteiger partial charge in [0.05, 0.1) is 17.6 Å². The quantitative estimate of drug-likeness (QED) is 0.533. The molecule has 1 fully saturated rings. The standard InChI is InChI=1S/C22H25FN4O2S/c23-18-3-1-16(2-4-18)20-12-25-22(30-20)26-21-11-17(5-8-24-21)15-6-9-27(10-7-15)13-19(29)14-28/h1-5,8,11-12,15,19,28-29H,6-7,9-10,13-14H2,(H,24,25,26)/t19-/m0/s1. The van der Waals surface area contributed by atoms with Crippen LogP contribution in [0.15, 0.2) is 48.8 Å². The van der Waals surface area contributed by atoms with E-state index in [1.165, 1.54) is 29.0 Å². The van der Waals surface area contributed by atoms with Gasteiger partial charge in [0.1, 0.15) is 11.6 Å². The van der Waals surface area contributed by atoms with Crippen LogP contribution in [0.5, 0.6) is 0 Å². The van der Waals surface area contributed by atoms with Crippen molar-refractivity contribution in [1.82, 2.24) is 14.9 Å². The molecule has 1 saturated heterocycles. The molecular weight excluding hydrogens is 403 g/mol. The molecule has 0 radical (unpaired) electrons. The number of nitrogens with zero attached hydrogens (tertiary/aromatic N) is 3. The molecule has 3 N–H and O–H groups in total. The highest BCUT2D eigenvalue weighted by Gasteiger charge is 2.22. The van der Waals surface area contributed by atoms with E-state index in [9.17, 15) is 9.50 Å². The Balaban J connectivity index is 1.38. The van der Waals surface area contributed by atoms with Gasteiger partial charge < -0.3 is 20.4 Å². The SMILES string of the molecule is OC[C@@H](O)CN1CCC(c2ccnc(Nc3ncc(-c4ccc(F)cc4)s3)c2)CC1. The van der Waals surface area contributed by atoms with Crippen LogP contribution in [0.1, 0.15) is 24.3 Å². The van der Waals surface area contributed by atoms with E-state index in [-0.39, 0.29) is 12.4 Å². The van der Waals surface area contributed by atoms with Crippen LogP contribution >= 0.6 is 11.3 Å². The van der Waals surface area contributed by atoms with Crippen LogP contribution < -0.4 is 5.32 Å². The normalized spacial score (nSPS) is 16.5. The maximum atomic E-state index is 13.1. The number of hydrogen-bond donors (Lipinski definition) is 3. The zero-order chi connectivity index (χ0) is 20.9. The molecule has 0 unspecified atom stereocenters. The second-order valence-corrected chi connectivity index (χ2v) is 8.58. The molecular formula is C22H25FN4O2S. The number of aromatic nitrogens is 2. The lowest BCUT2D eigenvalue weighted by atomic mass is 9.90. The van der Waals surface area contributed by atoms with Crippen LogP contribution in [0.25, 0.3) is 10.4 Å². The molecule has 0 saturated carbocycles. The van der Waals surface area contributed by atoms with Crippen molar-refractivity contribution < 1.29 is 14.6 Å². The number of nitrogens with one attached hydrogen (secondary N) is 1. The number of likely N-dealkylation sites (tertiary alicyclic amines) is 1. The fourth-order valence-electron chi connectivity index (χ4n) is 3.76. The van der Waals surface area contributed by atoms with Gasteiger partial charge in [-0.1, -0.05) is 23.5 Å². The number of aliphatic hydroxyl groups excluding tert-OH is 2. The minimum atomic E-state index is -0.670. The molecule has 1 aliphatic rings. The van der Waals surface area contributed by atoms with Crippen LogP contribution in [0, 0.1) is 5.82 Å². The molecule has 3 aromatic rings. The van der Waals surface area contributed by atoms with E-state index < -0.39 is 6.10 Å². The maximum absolute atomic E-state index is 13.1. The van der Waals surface area contributed by atoms with Crippen molar-refractivity contribution in [3.63, 3.8) is 0 Å². The van der Waals surface area contributed by atoms with Crippen LogP contribution in [-0.2, 0) is 0 Å². The Morgan fingerprint density at radius 1 is 1.17 bits per heavy atom. The van der Waals surface area contributed by atoms with E-state index in [2.05, 4.69) is 32.3 Å². The number of rotatable bonds is 7. The Morgan fingerprint density at radius 2 is 1.93 bits per heavy atom. The van der Waals surface area contributed by atoms with E-state index in [0.717, 1.165) is 47.3 Å². The van der Waals surface area contributed by atoms with Crippen LogP contribution in [-0.4, -0.2) is 57.4 Å². The van der Waals surface area contributed by atoms with Crippen LogP contribution in [0.3, 0.4) is 0 Å². The zero-order valence-corrected chi connectivity index (χ0v) is 17.4. The summed E-state index contributed by atoms with van der Waals surface area (Å²) in [5.41, 5.74) is 2.17. The highest BCUT2D eigenvalue weighted by Crippen LogP contribution is 2.32. The van der Waals surface area contributed by atoms with Crippen molar-refractivity contribution in [2.24, 2.45) is 0 Å². The lowest BCUT2D eigenvalue weighted by Crippen LogP contribution is -2.39. The van der Waals surface area contributed by atoms with Crippen molar-refractivity contribution >= 4 is 22.3 Å². The summed E-state index contributed by atoms with van der Waals surface area (Å²) in [6, 6.07) is 10.5. The van der Waals surface area contributed by atoms with E-state index in [1.54, 1.807) is 18.3 Å². The minimum absolute atomic E-state index is 0.195. The molecule has 0 aliphatic carbocycles. The van der Waals surface area contributed by atoms with Crippen LogP contribution in [0.4, 0.5) is 15.3 Å². The first kappa shape index (κ1) is 20.9. The van der Waals surface area contributed by atoms with Crippen molar-refractivity contribution in [3.05, 3.63) is 60.2 Å². The zero-order valence-electron chi connectivity index (χ0n) is 16.5. The number of aliphatic hydroxyl groups is 2. The van der Waals surface area contributed by atoms with Crippen molar-refractivity contribution in [3.8, 4) is 10.4 Å². The number of thiazole rings is 1. The first-order valence-corrected chi connectivity index (χ1v) is 10.9. The molecule has 6 nitrogen and oxygen atoms in total. The second kappa shape index (κ2) is 9.61. The van der Waals surface area contributed by atoms with E-state index in [0.29, 0.717) is 12.5 Å². The predicted octanol–water partition coefficient (Wildman–Crippen LogP) is 3.62. The molecule has 8 heteroatoms. The van der Waals surface area contributed by atoms with Gasteiger partial charge in [0.25, 0.3) is 0 Å².